The van der Waals surface area contributed by atoms with E-state index in [0.29, 0.717) is 53.0 Å². The first kappa shape index (κ1) is 21.4. The Labute approximate surface area is 196 Å². The molecule has 0 bridgehead atoms. The Kier molecular flexibility index (Phi) is 4.57. The van der Waals surface area contributed by atoms with Crippen LogP contribution in [0, 0.1) is 6.92 Å². The Balaban J connectivity index is 1.37. The topological polar surface area (TPSA) is 108 Å². The van der Waals surface area contributed by atoms with Crippen molar-refractivity contribution in [3.05, 3.63) is 53.7 Å². The van der Waals surface area contributed by atoms with Gasteiger partial charge in [-0.2, -0.15) is 0 Å². The van der Waals surface area contributed by atoms with Gasteiger partial charge in [0.2, 0.25) is 0 Å². The number of ether oxygens (including phenoxy) is 2. The largest absolute Gasteiger partial charge is 0.573 e. The highest BCUT2D eigenvalue weighted by Crippen LogP contribution is 2.46. The van der Waals surface area contributed by atoms with Crippen LogP contribution >= 0.6 is 0 Å². The zero-order chi connectivity index (χ0) is 24.5. The summed E-state index contributed by atoms with van der Waals surface area (Å²) in [5.41, 5.74) is 9.46. The van der Waals surface area contributed by atoms with Crippen molar-refractivity contribution >= 4 is 28.3 Å². The number of piperidine rings is 1. The summed E-state index contributed by atoms with van der Waals surface area (Å²) in [6.45, 7) is 2.28. The molecule has 5 heterocycles. The van der Waals surface area contributed by atoms with Crippen LogP contribution < -0.4 is 15.2 Å². The van der Waals surface area contributed by atoms with Gasteiger partial charge in [0.1, 0.15) is 40.7 Å². The number of hydrogen-bond donors (Lipinski definition) is 1. The first-order chi connectivity index (χ1) is 16.7. The minimum atomic E-state index is -4.80. The van der Waals surface area contributed by atoms with Gasteiger partial charge in [-0.1, -0.05) is 0 Å². The van der Waals surface area contributed by atoms with Crippen molar-refractivity contribution in [2.45, 2.75) is 38.3 Å². The Morgan fingerprint density at radius 1 is 1.26 bits per heavy atom. The van der Waals surface area contributed by atoms with Gasteiger partial charge < -0.3 is 20.1 Å². The number of aromatic nitrogens is 4. The predicted molar refractivity (Wildman–Crippen MR) is 118 cm³/mol. The molecule has 0 spiro atoms. The van der Waals surface area contributed by atoms with Crippen LogP contribution in [0.5, 0.6) is 11.5 Å². The number of rotatable bonds is 2. The number of alkyl halides is 3. The van der Waals surface area contributed by atoms with Crippen LogP contribution in [0.3, 0.4) is 0 Å². The summed E-state index contributed by atoms with van der Waals surface area (Å²) in [6, 6.07) is 5.18. The van der Waals surface area contributed by atoms with Gasteiger partial charge in [0, 0.05) is 18.2 Å². The highest BCUT2D eigenvalue weighted by molar-refractivity contribution is 5.96. The molecule has 1 fully saturated rings. The number of benzene rings is 1. The summed E-state index contributed by atoms with van der Waals surface area (Å²) >= 11 is 0. The molecule has 1 aromatic carbocycles. The summed E-state index contributed by atoms with van der Waals surface area (Å²) in [7, 11) is 0. The van der Waals surface area contributed by atoms with E-state index in [1.54, 1.807) is 21.7 Å². The minimum Gasteiger partial charge on any atom is -0.487 e. The molecule has 180 valence electrons. The van der Waals surface area contributed by atoms with Crippen LogP contribution in [0.4, 0.5) is 19.0 Å². The second-order valence-corrected chi connectivity index (χ2v) is 8.59. The zero-order valence-electron chi connectivity index (χ0n) is 18.4. The van der Waals surface area contributed by atoms with Gasteiger partial charge in [-0.25, -0.2) is 15.0 Å². The van der Waals surface area contributed by atoms with E-state index in [9.17, 15) is 18.0 Å². The number of aryl methyl sites for hydroxylation is 1. The monoisotopic (exact) mass is 484 g/mol. The SMILES string of the molecule is Cc1ncn2c1c(N)nc1cnc(C(=O)N3CCCC4Oc5cc(OC(F)(F)F)ccc5C43)cc12. The molecular weight excluding hydrogens is 465 g/mol. The number of nitrogens with zero attached hydrogens (tertiary/aromatic N) is 5. The van der Waals surface area contributed by atoms with E-state index in [4.69, 9.17) is 10.5 Å². The minimum absolute atomic E-state index is 0.211. The molecule has 12 heteroatoms. The first-order valence-corrected chi connectivity index (χ1v) is 11.0. The highest BCUT2D eigenvalue weighted by Gasteiger charge is 2.44. The molecular formula is C23H19F3N6O3. The molecule has 3 aromatic heterocycles. The fourth-order valence-corrected chi connectivity index (χ4v) is 4.99. The van der Waals surface area contributed by atoms with Crippen LogP contribution in [-0.2, 0) is 0 Å². The van der Waals surface area contributed by atoms with Crippen molar-refractivity contribution in [1.29, 1.82) is 0 Å². The van der Waals surface area contributed by atoms with Gasteiger partial charge in [0.15, 0.2) is 5.82 Å². The number of anilines is 1. The van der Waals surface area contributed by atoms with Crippen LogP contribution in [0.2, 0.25) is 0 Å². The number of carbonyl (C=O) groups is 1. The average molecular weight is 484 g/mol. The van der Waals surface area contributed by atoms with Gasteiger partial charge in [-0.3, -0.25) is 9.20 Å². The molecule has 35 heavy (non-hydrogen) atoms. The van der Waals surface area contributed by atoms with Gasteiger partial charge in [-0.05, 0) is 38.0 Å². The van der Waals surface area contributed by atoms with Crippen molar-refractivity contribution < 1.29 is 27.4 Å². The maximum absolute atomic E-state index is 13.6. The molecule has 0 saturated carbocycles. The number of nitrogen functional groups attached to an aromatic ring is 1. The van der Waals surface area contributed by atoms with Crippen LogP contribution in [0.15, 0.2) is 36.8 Å². The summed E-state index contributed by atoms with van der Waals surface area (Å²) in [6.07, 6.45) is -0.700. The predicted octanol–water partition coefficient (Wildman–Crippen LogP) is 3.81. The number of halogens is 3. The Morgan fingerprint density at radius 3 is 2.89 bits per heavy atom. The molecule has 2 N–H and O–H groups in total. The fourth-order valence-electron chi connectivity index (χ4n) is 4.99. The fraction of sp³-hybridized carbons (Fsp3) is 0.304. The standard InChI is InChI=1S/C23H19F3N6O3/c1-11-19-21(27)30-15-9-28-14(8-16(15)32(19)10-29-11)22(33)31-6-2-3-17-20(31)13-5-4-12(7-18(13)34-17)35-23(24,25)26/h4-5,7-10,17,20H,2-3,6H2,1H3,(H2,27,30). The molecule has 6 rings (SSSR count). The lowest BCUT2D eigenvalue weighted by molar-refractivity contribution is -0.274. The third-order valence-electron chi connectivity index (χ3n) is 6.43. The summed E-state index contributed by atoms with van der Waals surface area (Å²) in [4.78, 5) is 28.3. The van der Waals surface area contributed by atoms with Crippen molar-refractivity contribution in [1.82, 2.24) is 24.3 Å². The first-order valence-electron chi connectivity index (χ1n) is 11.0. The number of hydrogen-bond acceptors (Lipinski definition) is 7. The summed E-state index contributed by atoms with van der Waals surface area (Å²) in [5, 5.41) is 0. The van der Waals surface area contributed by atoms with Crippen molar-refractivity contribution in [3.63, 3.8) is 0 Å². The Morgan fingerprint density at radius 2 is 2.09 bits per heavy atom. The van der Waals surface area contributed by atoms with E-state index >= 15 is 0 Å². The zero-order valence-corrected chi connectivity index (χ0v) is 18.4. The molecule has 2 atom stereocenters. The lowest BCUT2D eigenvalue weighted by Gasteiger charge is -2.36. The molecule has 9 nitrogen and oxygen atoms in total. The highest BCUT2D eigenvalue weighted by atomic mass is 19.4. The van der Waals surface area contributed by atoms with E-state index in [2.05, 4.69) is 19.7 Å². The van der Waals surface area contributed by atoms with Crippen molar-refractivity contribution in [2.24, 2.45) is 0 Å². The number of amides is 1. The third-order valence-corrected chi connectivity index (χ3v) is 6.43. The number of likely N-dealkylation sites (tertiary alicyclic amines) is 1. The third kappa shape index (κ3) is 3.47. The van der Waals surface area contributed by atoms with Gasteiger partial charge in [-0.15, -0.1) is 13.2 Å². The second kappa shape index (κ2) is 7.45. The number of fused-ring (bicyclic) bond motifs is 6. The number of carbonyl (C=O) groups excluding carboxylic acids is 1. The smallest absolute Gasteiger partial charge is 0.487 e. The van der Waals surface area contributed by atoms with Gasteiger partial charge >= 0.3 is 6.36 Å². The summed E-state index contributed by atoms with van der Waals surface area (Å²) in [5.74, 6) is -0.0742. The van der Waals surface area contributed by atoms with Crippen LogP contribution in [0.1, 0.15) is 40.6 Å². The second-order valence-electron chi connectivity index (χ2n) is 8.59. The van der Waals surface area contributed by atoms with Crippen LogP contribution in [-0.4, -0.2) is 49.2 Å². The molecule has 0 aliphatic carbocycles. The number of nitrogens with two attached hydrogens (primary N) is 1. The maximum Gasteiger partial charge on any atom is 0.573 e. The molecule has 2 aliphatic heterocycles. The van der Waals surface area contributed by atoms with E-state index in [0.717, 1.165) is 0 Å². The average Bonchev–Trinajstić information content (AvgIpc) is 3.38. The van der Waals surface area contributed by atoms with Gasteiger partial charge in [0.25, 0.3) is 5.91 Å². The molecule has 2 aliphatic rings. The Hall–Kier alpha value is -4.09. The maximum atomic E-state index is 13.6. The van der Waals surface area contributed by atoms with Crippen LogP contribution in [0.25, 0.3) is 16.6 Å². The summed E-state index contributed by atoms with van der Waals surface area (Å²) < 4.78 is 49.6. The quantitative estimate of drug-likeness (QED) is 0.461. The number of imidazole rings is 1. The molecule has 1 amide bonds. The number of pyridine rings is 1. The van der Waals surface area contributed by atoms with E-state index in [1.807, 2.05) is 6.92 Å². The molecule has 2 unspecified atom stereocenters. The Bertz CT molecular complexity index is 1500. The molecule has 0 radical (unpaired) electrons. The molecule has 4 aromatic rings. The van der Waals surface area contributed by atoms with E-state index < -0.39 is 12.4 Å². The molecule has 1 saturated heterocycles. The lowest BCUT2D eigenvalue weighted by Crippen LogP contribution is -2.44. The van der Waals surface area contributed by atoms with E-state index in [1.165, 1.54) is 24.4 Å². The normalized spacial score (nSPS) is 19.5. The lowest BCUT2D eigenvalue weighted by atomic mass is 9.94. The van der Waals surface area contributed by atoms with Gasteiger partial charge in [0.05, 0.1) is 23.4 Å². The van der Waals surface area contributed by atoms with Crippen molar-refractivity contribution in [2.75, 3.05) is 12.3 Å². The van der Waals surface area contributed by atoms with Crippen molar-refractivity contribution in [3.8, 4) is 11.5 Å². The van der Waals surface area contributed by atoms with E-state index in [-0.39, 0.29) is 29.2 Å².